The molecule has 1 unspecified atom stereocenters. The van der Waals surface area contributed by atoms with Gasteiger partial charge >= 0.3 is 0 Å². The summed E-state index contributed by atoms with van der Waals surface area (Å²) in [6.45, 7) is 2.14. The molecule has 0 radical (unpaired) electrons. The molecule has 0 bridgehead atoms. The second-order valence-corrected chi connectivity index (χ2v) is 6.63. The van der Waals surface area contributed by atoms with E-state index in [-0.39, 0.29) is 0 Å². The molecule has 0 aliphatic heterocycles. The molecule has 3 rings (SSSR count). The van der Waals surface area contributed by atoms with Crippen LogP contribution in [0.5, 0.6) is 5.75 Å². The van der Waals surface area contributed by atoms with Crippen molar-refractivity contribution in [1.29, 1.82) is 0 Å². The Morgan fingerprint density at radius 2 is 1.62 bits per heavy atom. The summed E-state index contributed by atoms with van der Waals surface area (Å²) in [5.74, 6) is 1.95. The Kier molecular flexibility index (Phi) is 4.51. The van der Waals surface area contributed by atoms with Gasteiger partial charge in [0.2, 0.25) is 0 Å². The topological polar surface area (TPSA) is 29.5 Å². The number of aliphatic hydroxyl groups is 1. The van der Waals surface area contributed by atoms with Crippen LogP contribution in [-0.4, -0.2) is 17.0 Å². The first-order valence-corrected chi connectivity index (χ1v) is 8.42. The summed E-state index contributed by atoms with van der Waals surface area (Å²) in [5.41, 5.74) is 1.82. The van der Waals surface area contributed by atoms with E-state index in [4.69, 9.17) is 4.74 Å². The van der Waals surface area contributed by atoms with Gasteiger partial charge in [0.05, 0.1) is 6.10 Å². The van der Waals surface area contributed by atoms with Crippen LogP contribution in [0.2, 0.25) is 0 Å². The van der Waals surface area contributed by atoms with Crippen molar-refractivity contribution in [2.75, 3.05) is 5.75 Å². The molecule has 1 fully saturated rings. The average molecular weight is 300 g/mol. The molecule has 1 saturated carbocycles. The number of rotatable bonds is 6. The highest BCUT2D eigenvalue weighted by Gasteiger charge is 2.23. The van der Waals surface area contributed by atoms with E-state index < -0.39 is 6.10 Å². The van der Waals surface area contributed by atoms with Gasteiger partial charge in [-0.1, -0.05) is 31.2 Å². The molecular weight excluding hydrogens is 280 g/mol. The summed E-state index contributed by atoms with van der Waals surface area (Å²) >= 11 is 1.81. The maximum Gasteiger partial charge on any atom is 0.119 e. The van der Waals surface area contributed by atoms with E-state index in [1.807, 2.05) is 36.4 Å². The van der Waals surface area contributed by atoms with Crippen LogP contribution < -0.4 is 4.74 Å². The van der Waals surface area contributed by atoms with Gasteiger partial charge < -0.3 is 9.84 Å². The standard InChI is InChI=1S/C18H20O2S/c1-2-21-17-11-5-14(6-12-17)18(19)13-3-7-15(8-4-13)20-16-9-10-16/h3-8,11-12,16,18-19H,2,9-10H2,1H3. The third-order valence-electron chi connectivity index (χ3n) is 3.53. The Bertz CT molecular complexity index is 573. The predicted octanol–water partition coefficient (Wildman–Crippen LogP) is 4.42. The van der Waals surface area contributed by atoms with Crippen LogP contribution in [0.4, 0.5) is 0 Å². The van der Waals surface area contributed by atoms with Crippen LogP contribution in [-0.2, 0) is 0 Å². The highest BCUT2D eigenvalue weighted by molar-refractivity contribution is 7.99. The molecule has 0 saturated heterocycles. The van der Waals surface area contributed by atoms with Crippen molar-refractivity contribution in [3.8, 4) is 5.75 Å². The van der Waals surface area contributed by atoms with E-state index in [9.17, 15) is 5.11 Å². The van der Waals surface area contributed by atoms with Gasteiger partial charge in [0, 0.05) is 4.90 Å². The highest BCUT2D eigenvalue weighted by Crippen LogP contribution is 2.29. The summed E-state index contributed by atoms with van der Waals surface area (Å²) in [6.07, 6.45) is 2.14. The second-order valence-electron chi connectivity index (χ2n) is 5.29. The zero-order valence-corrected chi connectivity index (χ0v) is 13.0. The van der Waals surface area contributed by atoms with Gasteiger partial charge in [-0.25, -0.2) is 0 Å². The van der Waals surface area contributed by atoms with Crippen molar-refractivity contribution in [2.24, 2.45) is 0 Å². The van der Waals surface area contributed by atoms with Gasteiger partial charge in [0.25, 0.3) is 0 Å². The molecular formula is C18H20O2S. The Labute approximate surface area is 130 Å². The summed E-state index contributed by atoms with van der Waals surface area (Å²) in [7, 11) is 0. The van der Waals surface area contributed by atoms with E-state index in [0.717, 1.165) is 35.5 Å². The van der Waals surface area contributed by atoms with E-state index in [2.05, 4.69) is 19.1 Å². The van der Waals surface area contributed by atoms with Gasteiger partial charge in [-0.15, -0.1) is 11.8 Å². The van der Waals surface area contributed by atoms with Crippen molar-refractivity contribution >= 4 is 11.8 Å². The summed E-state index contributed by atoms with van der Waals surface area (Å²) in [5, 5.41) is 10.5. The second kappa shape index (κ2) is 6.54. The lowest BCUT2D eigenvalue weighted by Crippen LogP contribution is -2.00. The molecule has 0 amide bonds. The normalized spacial score (nSPS) is 15.7. The van der Waals surface area contributed by atoms with E-state index in [1.54, 1.807) is 11.8 Å². The smallest absolute Gasteiger partial charge is 0.119 e. The van der Waals surface area contributed by atoms with Gasteiger partial charge in [0.1, 0.15) is 11.9 Å². The number of hydrogen-bond donors (Lipinski definition) is 1. The maximum absolute atomic E-state index is 10.5. The Hall–Kier alpha value is -1.45. The molecule has 3 heteroatoms. The highest BCUT2D eigenvalue weighted by atomic mass is 32.2. The van der Waals surface area contributed by atoms with Crippen LogP contribution in [0.25, 0.3) is 0 Å². The van der Waals surface area contributed by atoms with Crippen LogP contribution in [0.1, 0.15) is 37.0 Å². The lowest BCUT2D eigenvalue weighted by molar-refractivity contribution is 0.220. The third kappa shape index (κ3) is 3.80. The zero-order chi connectivity index (χ0) is 14.7. The quantitative estimate of drug-likeness (QED) is 0.801. The molecule has 21 heavy (non-hydrogen) atoms. The molecule has 0 spiro atoms. The van der Waals surface area contributed by atoms with Gasteiger partial charge in [-0.3, -0.25) is 0 Å². The SMILES string of the molecule is CCSc1ccc(C(O)c2ccc(OC3CC3)cc2)cc1. The van der Waals surface area contributed by atoms with E-state index >= 15 is 0 Å². The summed E-state index contributed by atoms with van der Waals surface area (Å²) in [6, 6.07) is 15.9. The Morgan fingerprint density at radius 1 is 1.05 bits per heavy atom. The average Bonchev–Trinajstić information content (AvgIpc) is 3.32. The Balaban J connectivity index is 1.69. The molecule has 2 aromatic rings. The number of thioether (sulfide) groups is 1. The minimum absolute atomic E-state index is 0.407. The van der Waals surface area contributed by atoms with Crippen molar-refractivity contribution in [1.82, 2.24) is 0 Å². The number of aliphatic hydroxyl groups excluding tert-OH is 1. The van der Waals surface area contributed by atoms with Crippen LogP contribution in [0.3, 0.4) is 0 Å². The minimum atomic E-state index is -0.583. The molecule has 0 heterocycles. The summed E-state index contributed by atoms with van der Waals surface area (Å²) in [4.78, 5) is 1.24. The first-order valence-electron chi connectivity index (χ1n) is 7.43. The van der Waals surface area contributed by atoms with Gasteiger partial charge in [0.15, 0.2) is 0 Å². The summed E-state index contributed by atoms with van der Waals surface area (Å²) < 4.78 is 5.72. The van der Waals surface area contributed by atoms with Gasteiger partial charge in [-0.05, 0) is 54.0 Å². The molecule has 1 aliphatic carbocycles. The van der Waals surface area contributed by atoms with Gasteiger partial charge in [-0.2, -0.15) is 0 Å². The van der Waals surface area contributed by atoms with Crippen LogP contribution >= 0.6 is 11.8 Å². The largest absolute Gasteiger partial charge is 0.490 e. The van der Waals surface area contributed by atoms with Crippen LogP contribution in [0.15, 0.2) is 53.4 Å². The first-order chi connectivity index (χ1) is 10.3. The fraction of sp³-hybridized carbons (Fsp3) is 0.333. The molecule has 110 valence electrons. The fourth-order valence-corrected chi connectivity index (χ4v) is 2.87. The molecule has 2 aromatic carbocycles. The van der Waals surface area contributed by atoms with Crippen molar-refractivity contribution in [2.45, 2.75) is 36.9 Å². The third-order valence-corrected chi connectivity index (χ3v) is 4.42. The van der Waals surface area contributed by atoms with E-state index in [1.165, 1.54) is 4.90 Å². The van der Waals surface area contributed by atoms with E-state index in [0.29, 0.717) is 6.10 Å². The fourth-order valence-electron chi connectivity index (χ4n) is 2.21. The molecule has 1 aliphatic rings. The number of hydrogen-bond acceptors (Lipinski definition) is 3. The predicted molar refractivity (Wildman–Crippen MR) is 87.0 cm³/mol. The first kappa shape index (κ1) is 14.5. The van der Waals surface area contributed by atoms with Crippen molar-refractivity contribution in [3.05, 3.63) is 59.7 Å². The van der Waals surface area contributed by atoms with Crippen molar-refractivity contribution in [3.63, 3.8) is 0 Å². The lowest BCUT2D eigenvalue weighted by Gasteiger charge is -2.13. The monoisotopic (exact) mass is 300 g/mol. The zero-order valence-electron chi connectivity index (χ0n) is 12.2. The van der Waals surface area contributed by atoms with Crippen LogP contribution in [0, 0.1) is 0 Å². The molecule has 1 N–H and O–H groups in total. The van der Waals surface area contributed by atoms with Crippen molar-refractivity contribution < 1.29 is 9.84 Å². The molecule has 1 atom stereocenters. The molecule has 2 nitrogen and oxygen atoms in total. The maximum atomic E-state index is 10.5. The Morgan fingerprint density at radius 3 is 2.14 bits per heavy atom. The molecule has 0 aromatic heterocycles. The lowest BCUT2D eigenvalue weighted by atomic mass is 10.0. The minimum Gasteiger partial charge on any atom is -0.490 e. The number of benzene rings is 2. The number of ether oxygens (including phenoxy) is 1.